The molecule has 0 spiro atoms. The van der Waals surface area contributed by atoms with Gasteiger partial charge < -0.3 is 15.7 Å². The summed E-state index contributed by atoms with van der Waals surface area (Å²) in [6.45, 7) is -0.0296. The molecule has 5 heteroatoms. The number of aliphatic hydroxyl groups excluding tert-OH is 1. The van der Waals surface area contributed by atoms with Crippen LogP contribution in [0.15, 0.2) is 54.6 Å². The van der Waals surface area contributed by atoms with Crippen LogP contribution in [0.3, 0.4) is 0 Å². The second-order valence-corrected chi connectivity index (χ2v) is 5.11. The van der Waals surface area contributed by atoms with Crippen molar-refractivity contribution in [2.24, 2.45) is 0 Å². The first-order valence-electron chi connectivity index (χ1n) is 7.44. The van der Waals surface area contributed by atoms with E-state index in [4.69, 9.17) is 0 Å². The lowest BCUT2D eigenvalue weighted by atomic mass is 10.0. The summed E-state index contributed by atoms with van der Waals surface area (Å²) in [4.78, 5) is 24.1. The Kier molecular flexibility index (Phi) is 5.88. The molecule has 0 fully saturated rings. The normalized spacial score (nSPS) is 11.6. The van der Waals surface area contributed by atoms with Gasteiger partial charge in [0.1, 0.15) is 0 Å². The van der Waals surface area contributed by atoms with Gasteiger partial charge in [-0.2, -0.15) is 0 Å². The van der Waals surface area contributed by atoms with E-state index < -0.39 is 0 Å². The van der Waals surface area contributed by atoms with Gasteiger partial charge in [-0.3, -0.25) is 9.59 Å². The summed E-state index contributed by atoms with van der Waals surface area (Å²) in [5.41, 5.74) is 1.76. The molecule has 1 unspecified atom stereocenters. The molecule has 2 rings (SSSR count). The van der Waals surface area contributed by atoms with Crippen LogP contribution in [0.1, 0.15) is 38.7 Å². The lowest BCUT2D eigenvalue weighted by molar-refractivity contribution is 0.0930. The van der Waals surface area contributed by atoms with Gasteiger partial charge in [0.25, 0.3) is 11.8 Å². The van der Waals surface area contributed by atoms with E-state index in [0.717, 1.165) is 5.56 Å². The molecular weight excluding hydrogens is 292 g/mol. The van der Waals surface area contributed by atoms with E-state index in [1.165, 1.54) is 0 Å². The molecule has 23 heavy (non-hydrogen) atoms. The third-order valence-corrected chi connectivity index (χ3v) is 3.54. The highest BCUT2D eigenvalue weighted by Crippen LogP contribution is 2.17. The molecule has 0 radical (unpaired) electrons. The van der Waals surface area contributed by atoms with Crippen LogP contribution in [-0.4, -0.2) is 30.6 Å². The molecule has 0 aliphatic rings. The standard InChI is InChI=1S/C18H20N2O3/c1-19-17(22)14-8-5-9-15(12-14)18(23)20-16(10-11-21)13-6-3-2-4-7-13/h2-9,12,16,21H,10-11H2,1H3,(H,19,22)(H,20,23). The number of carbonyl (C=O) groups excluding carboxylic acids is 2. The fourth-order valence-corrected chi connectivity index (χ4v) is 2.32. The van der Waals surface area contributed by atoms with Gasteiger partial charge >= 0.3 is 0 Å². The van der Waals surface area contributed by atoms with E-state index in [2.05, 4.69) is 10.6 Å². The predicted octanol–water partition coefficient (Wildman–Crippen LogP) is 1.90. The van der Waals surface area contributed by atoms with Crippen molar-refractivity contribution in [2.45, 2.75) is 12.5 Å². The van der Waals surface area contributed by atoms with E-state index in [-0.39, 0.29) is 24.5 Å². The second kappa shape index (κ2) is 8.10. The zero-order valence-corrected chi connectivity index (χ0v) is 13.0. The Morgan fingerprint density at radius 2 is 1.65 bits per heavy atom. The van der Waals surface area contributed by atoms with Crippen LogP contribution in [-0.2, 0) is 0 Å². The molecule has 0 heterocycles. The Balaban J connectivity index is 2.17. The highest BCUT2D eigenvalue weighted by Gasteiger charge is 2.16. The van der Waals surface area contributed by atoms with Crippen molar-refractivity contribution in [3.63, 3.8) is 0 Å². The average molecular weight is 312 g/mol. The Labute approximate surface area is 135 Å². The lowest BCUT2D eigenvalue weighted by Crippen LogP contribution is -2.29. The monoisotopic (exact) mass is 312 g/mol. The first-order valence-corrected chi connectivity index (χ1v) is 7.44. The summed E-state index contributed by atoms with van der Waals surface area (Å²) < 4.78 is 0. The van der Waals surface area contributed by atoms with E-state index in [1.54, 1.807) is 31.3 Å². The molecule has 0 aliphatic heterocycles. The maximum atomic E-state index is 12.4. The molecule has 0 saturated heterocycles. The van der Waals surface area contributed by atoms with Gasteiger partial charge in [-0.25, -0.2) is 0 Å². The van der Waals surface area contributed by atoms with Crippen molar-refractivity contribution in [3.05, 3.63) is 71.3 Å². The number of rotatable bonds is 6. The van der Waals surface area contributed by atoms with Gasteiger partial charge in [-0.1, -0.05) is 36.4 Å². The fraction of sp³-hybridized carbons (Fsp3) is 0.222. The molecule has 5 nitrogen and oxygen atoms in total. The largest absolute Gasteiger partial charge is 0.396 e. The number of hydrogen-bond acceptors (Lipinski definition) is 3. The summed E-state index contributed by atoms with van der Waals surface area (Å²) >= 11 is 0. The topological polar surface area (TPSA) is 78.4 Å². The average Bonchev–Trinajstić information content (AvgIpc) is 2.61. The number of nitrogens with one attached hydrogen (secondary N) is 2. The van der Waals surface area contributed by atoms with Crippen LogP contribution in [0.4, 0.5) is 0 Å². The van der Waals surface area contributed by atoms with Crippen molar-refractivity contribution in [1.29, 1.82) is 0 Å². The molecule has 2 aromatic rings. The molecule has 0 bridgehead atoms. The minimum atomic E-state index is -0.280. The van der Waals surface area contributed by atoms with Crippen LogP contribution in [0.5, 0.6) is 0 Å². The zero-order chi connectivity index (χ0) is 16.7. The Bertz CT molecular complexity index is 671. The Morgan fingerprint density at radius 1 is 1.00 bits per heavy atom. The van der Waals surface area contributed by atoms with Crippen molar-refractivity contribution in [1.82, 2.24) is 10.6 Å². The summed E-state index contributed by atoms with van der Waals surface area (Å²) in [7, 11) is 1.54. The second-order valence-electron chi connectivity index (χ2n) is 5.11. The molecule has 0 saturated carbocycles. The van der Waals surface area contributed by atoms with Crippen molar-refractivity contribution in [3.8, 4) is 0 Å². The molecule has 0 aromatic heterocycles. The summed E-state index contributed by atoms with van der Waals surface area (Å²) in [5, 5.41) is 14.7. The minimum Gasteiger partial charge on any atom is -0.396 e. The Morgan fingerprint density at radius 3 is 2.26 bits per heavy atom. The summed E-state index contributed by atoms with van der Waals surface area (Å²) in [6, 6.07) is 15.7. The lowest BCUT2D eigenvalue weighted by Gasteiger charge is -2.18. The van der Waals surface area contributed by atoms with Crippen LogP contribution in [0.2, 0.25) is 0 Å². The van der Waals surface area contributed by atoms with Crippen LogP contribution in [0.25, 0.3) is 0 Å². The minimum absolute atomic E-state index is 0.0296. The molecule has 3 N–H and O–H groups in total. The summed E-state index contributed by atoms with van der Waals surface area (Å²) in [6.07, 6.45) is 0.422. The van der Waals surface area contributed by atoms with E-state index >= 15 is 0 Å². The van der Waals surface area contributed by atoms with Gasteiger partial charge in [-0.15, -0.1) is 0 Å². The Hall–Kier alpha value is -2.66. The van der Waals surface area contributed by atoms with Crippen molar-refractivity contribution in [2.75, 3.05) is 13.7 Å². The van der Waals surface area contributed by atoms with Gasteiger partial charge in [0.2, 0.25) is 0 Å². The van der Waals surface area contributed by atoms with E-state index in [0.29, 0.717) is 17.5 Å². The number of hydrogen-bond donors (Lipinski definition) is 3. The predicted molar refractivity (Wildman–Crippen MR) is 88.2 cm³/mol. The van der Waals surface area contributed by atoms with Crippen LogP contribution < -0.4 is 10.6 Å². The number of benzene rings is 2. The number of aliphatic hydroxyl groups is 1. The van der Waals surface area contributed by atoms with Crippen molar-refractivity contribution >= 4 is 11.8 Å². The van der Waals surface area contributed by atoms with Gasteiger partial charge in [0, 0.05) is 24.8 Å². The first kappa shape index (κ1) is 16.7. The highest BCUT2D eigenvalue weighted by molar-refractivity contribution is 5.99. The van der Waals surface area contributed by atoms with Gasteiger partial charge in [0.15, 0.2) is 0 Å². The molecule has 0 aliphatic carbocycles. The van der Waals surface area contributed by atoms with Gasteiger partial charge in [0.05, 0.1) is 6.04 Å². The highest BCUT2D eigenvalue weighted by atomic mass is 16.3. The maximum Gasteiger partial charge on any atom is 0.251 e. The van der Waals surface area contributed by atoms with E-state index in [1.807, 2.05) is 30.3 Å². The molecule has 2 aromatic carbocycles. The quantitative estimate of drug-likeness (QED) is 0.762. The third kappa shape index (κ3) is 4.40. The maximum absolute atomic E-state index is 12.4. The number of amides is 2. The first-order chi connectivity index (χ1) is 11.2. The summed E-state index contributed by atoms with van der Waals surface area (Å²) in [5.74, 6) is -0.521. The van der Waals surface area contributed by atoms with Crippen LogP contribution in [0, 0.1) is 0 Å². The number of carbonyl (C=O) groups is 2. The smallest absolute Gasteiger partial charge is 0.251 e. The SMILES string of the molecule is CNC(=O)c1cccc(C(=O)NC(CCO)c2ccccc2)c1. The molecule has 1 atom stereocenters. The third-order valence-electron chi connectivity index (χ3n) is 3.54. The van der Waals surface area contributed by atoms with E-state index in [9.17, 15) is 14.7 Å². The molecule has 120 valence electrons. The van der Waals surface area contributed by atoms with Gasteiger partial charge in [-0.05, 0) is 30.2 Å². The van der Waals surface area contributed by atoms with Crippen molar-refractivity contribution < 1.29 is 14.7 Å². The molecular formula is C18H20N2O3. The zero-order valence-electron chi connectivity index (χ0n) is 13.0. The molecule has 2 amide bonds. The van der Waals surface area contributed by atoms with Crippen LogP contribution >= 0.6 is 0 Å². The fourth-order valence-electron chi connectivity index (χ4n) is 2.32.